The van der Waals surface area contributed by atoms with Gasteiger partial charge in [0.25, 0.3) is 0 Å². The molecule has 18 heavy (non-hydrogen) atoms. The fourth-order valence-electron chi connectivity index (χ4n) is 2.15. The Morgan fingerprint density at radius 2 is 2.00 bits per heavy atom. The van der Waals surface area contributed by atoms with Crippen LogP contribution in [0.5, 0.6) is 0 Å². The summed E-state index contributed by atoms with van der Waals surface area (Å²) in [4.78, 5) is 6.78. The van der Waals surface area contributed by atoms with Crippen molar-refractivity contribution in [3.63, 3.8) is 0 Å². The van der Waals surface area contributed by atoms with Crippen LogP contribution in [0.3, 0.4) is 0 Å². The molecule has 0 aliphatic rings. The van der Waals surface area contributed by atoms with Crippen LogP contribution in [-0.4, -0.2) is 40.1 Å². The average molecular weight is 252 g/mol. The number of nitrogens with zero attached hydrogens (tertiary/aromatic N) is 3. The van der Waals surface area contributed by atoms with Gasteiger partial charge in [-0.2, -0.15) is 0 Å². The summed E-state index contributed by atoms with van der Waals surface area (Å²) in [5.74, 6) is 1.74. The van der Waals surface area contributed by atoms with Gasteiger partial charge < -0.3 is 9.88 Å². The van der Waals surface area contributed by atoms with Gasteiger partial charge in [0, 0.05) is 38.1 Å². The average Bonchev–Trinajstić information content (AvgIpc) is 2.63. The lowest BCUT2D eigenvalue weighted by atomic mass is 10.0. The van der Waals surface area contributed by atoms with Crippen LogP contribution in [0, 0.1) is 5.92 Å². The van der Waals surface area contributed by atoms with Crippen LogP contribution in [-0.2, 0) is 13.6 Å². The van der Waals surface area contributed by atoms with Crippen molar-refractivity contribution in [1.29, 1.82) is 0 Å². The van der Waals surface area contributed by atoms with E-state index in [1.807, 2.05) is 19.4 Å². The largest absolute Gasteiger partial charge is 0.337 e. The summed E-state index contributed by atoms with van der Waals surface area (Å²) < 4.78 is 2.09. The van der Waals surface area contributed by atoms with Gasteiger partial charge in [-0.3, -0.25) is 4.90 Å². The highest BCUT2D eigenvalue weighted by atomic mass is 15.2. The van der Waals surface area contributed by atoms with Gasteiger partial charge in [-0.15, -0.1) is 0 Å². The molecule has 0 fully saturated rings. The SMILES string of the molecule is CC(C)NCC(C(C)C)N(C)Cc1nccn1C. The molecule has 1 N–H and O–H groups in total. The monoisotopic (exact) mass is 252 g/mol. The summed E-state index contributed by atoms with van der Waals surface area (Å²) in [7, 11) is 4.23. The van der Waals surface area contributed by atoms with Crippen molar-refractivity contribution < 1.29 is 0 Å². The molecule has 1 aromatic rings. The first-order chi connectivity index (χ1) is 8.41. The number of nitrogens with one attached hydrogen (secondary N) is 1. The molecular weight excluding hydrogens is 224 g/mol. The quantitative estimate of drug-likeness (QED) is 0.804. The summed E-state index contributed by atoms with van der Waals surface area (Å²) >= 11 is 0. The molecule has 1 unspecified atom stereocenters. The van der Waals surface area contributed by atoms with Crippen molar-refractivity contribution in [2.75, 3.05) is 13.6 Å². The third kappa shape index (κ3) is 4.42. The number of rotatable bonds is 7. The highest BCUT2D eigenvalue weighted by Gasteiger charge is 2.19. The van der Waals surface area contributed by atoms with Gasteiger partial charge in [0.1, 0.15) is 5.82 Å². The lowest BCUT2D eigenvalue weighted by Crippen LogP contribution is -2.45. The molecule has 0 radical (unpaired) electrons. The Labute approximate surface area is 111 Å². The van der Waals surface area contributed by atoms with E-state index >= 15 is 0 Å². The number of hydrogen-bond donors (Lipinski definition) is 1. The maximum absolute atomic E-state index is 4.39. The zero-order valence-corrected chi connectivity index (χ0v) is 12.6. The second kappa shape index (κ2) is 6.90. The van der Waals surface area contributed by atoms with Gasteiger partial charge in [0.15, 0.2) is 0 Å². The number of hydrogen-bond acceptors (Lipinski definition) is 3. The Morgan fingerprint density at radius 3 is 2.44 bits per heavy atom. The number of aromatic nitrogens is 2. The Bertz CT molecular complexity index is 343. The van der Waals surface area contributed by atoms with Gasteiger partial charge in [-0.25, -0.2) is 4.98 Å². The van der Waals surface area contributed by atoms with Gasteiger partial charge in [-0.05, 0) is 13.0 Å². The molecule has 0 aliphatic carbocycles. The first-order valence-corrected chi connectivity index (χ1v) is 6.81. The van der Waals surface area contributed by atoms with Gasteiger partial charge in [0.05, 0.1) is 6.54 Å². The summed E-state index contributed by atoms with van der Waals surface area (Å²) in [6, 6.07) is 1.07. The van der Waals surface area contributed by atoms with Crippen LogP contribution in [0.25, 0.3) is 0 Å². The molecule has 0 aliphatic heterocycles. The molecule has 4 nitrogen and oxygen atoms in total. The minimum Gasteiger partial charge on any atom is -0.337 e. The molecule has 1 heterocycles. The Balaban J connectivity index is 2.59. The van der Waals surface area contributed by atoms with Crippen LogP contribution in [0.15, 0.2) is 12.4 Å². The minimum atomic E-state index is 0.532. The fourth-order valence-corrected chi connectivity index (χ4v) is 2.15. The molecule has 4 heteroatoms. The van der Waals surface area contributed by atoms with E-state index in [-0.39, 0.29) is 0 Å². The van der Waals surface area contributed by atoms with Crippen LogP contribution in [0.2, 0.25) is 0 Å². The number of aryl methyl sites for hydroxylation is 1. The molecule has 104 valence electrons. The summed E-state index contributed by atoms with van der Waals surface area (Å²) in [6.45, 7) is 10.9. The number of likely N-dealkylation sites (N-methyl/N-ethyl adjacent to an activating group) is 1. The summed E-state index contributed by atoms with van der Waals surface area (Å²) in [5.41, 5.74) is 0. The molecule has 0 amide bonds. The van der Waals surface area contributed by atoms with Crippen LogP contribution >= 0.6 is 0 Å². The van der Waals surface area contributed by atoms with E-state index in [4.69, 9.17) is 0 Å². The van der Waals surface area contributed by atoms with Crippen LogP contribution in [0.1, 0.15) is 33.5 Å². The second-order valence-corrected chi connectivity index (χ2v) is 5.74. The Morgan fingerprint density at radius 1 is 1.33 bits per heavy atom. The highest BCUT2D eigenvalue weighted by molar-refractivity contribution is 4.92. The van der Waals surface area contributed by atoms with Crippen molar-refractivity contribution in [3.05, 3.63) is 18.2 Å². The topological polar surface area (TPSA) is 33.1 Å². The van der Waals surface area contributed by atoms with E-state index in [1.165, 1.54) is 0 Å². The normalized spacial score (nSPS) is 13.8. The van der Waals surface area contributed by atoms with E-state index < -0.39 is 0 Å². The van der Waals surface area contributed by atoms with Crippen molar-refractivity contribution >= 4 is 0 Å². The third-order valence-corrected chi connectivity index (χ3v) is 3.38. The predicted molar refractivity (Wildman–Crippen MR) is 76.4 cm³/mol. The van der Waals surface area contributed by atoms with Crippen LogP contribution in [0.4, 0.5) is 0 Å². The second-order valence-electron chi connectivity index (χ2n) is 5.74. The molecular formula is C14H28N4. The third-order valence-electron chi connectivity index (χ3n) is 3.38. The molecule has 0 bridgehead atoms. The highest BCUT2D eigenvalue weighted by Crippen LogP contribution is 2.11. The molecule has 0 saturated heterocycles. The Kier molecular flexibility index (Phi) is 5.82. The molecule has 1 aromatic heterocycles. The van der Waals surface area contributed by atoms with Gasteiger partial charge in [0.2, 0.25) is 0 Å². The first kappa shape index (κ1) is 15.2. The minimum absolute atomic E-state index is 0.532. The molecule has 0 spiro atoms. The fraction of sp³-hybridized carbons (Fsp3) is 0.786. The van der Waals surface area contributed by atoms with Crippen molar-refractivity contribution in [2.24, 2.45) is 13.0 Å². The lowest BCUT2D eigenvalue weighted by molar-refractivity contribution is 0.172. The van der Waals surface area contributed by atoms with E-state index in [9.17, 15) is 0 Å². The lowest BCUT2D eigenvalue weighted by Gasteiger charge is -2.32. The molecule has 0 saturated carbocycles. The summed E-state index contributed by atoms with van der Waals surface area (Å²) in [6.07, 6.45) is 3.86. The standard InChI is InChI=1S/C14H28N4/c1-11(2)13(9-16-12(3)4)18(6)10-14-15-7-8-17(14)5/h7-8,11-13,16H,9-10H2,1-6H3. The first-order valence-electron chi connectivity index (χ1n) is 6.81. The zero-order valence-electron chi connectivity index (χ0n) is 12.6. The molecule has 1 rings (SSSR count). The summed E-state index contributed by atoms with van der Waals surface area (Å²) in [5, 5.41) is 3.53. The smallest absolute Gasteiger partial charge is 0.122 e. The van der Waals surface area contributed by atoms with Crippen LogP contribution < -0.4 is 5.32 Å². The molecule has 0 aromatic carbocycles. The molecule has 1 atom stereocenters. The van der Waals surface area contributed by atoms with Crippen molar-refractivity contribution in [1.82, 2.24) is 19.8 Å². The zero-order chi connectivity index (χ0) is 13.7. The Hall–Kier alpha value is -0.870. The maximum atomic E-state index is 4.39. The van der Waals surface area contributed by atoms with Crippen molar-refractivity contribution in [3.8, 4) is 0 Å². The predicted octanol–water partition coefficient (Wildman–Crippen LogP) is 1.87. The van der Waals surface area contributed by atoms with Crippen molar-refractivity contribution in [2.45, 2.75) is 46.3 Å². The van der Waals surface area contributed by atoms with E-state index in [1.54, 1.807) is 0 Å². The van der Waals surface area contributed by atoms with Gasteiger partial charge in [-0.1, -0.05) is 27.7 Å². The number of imidazole rings is 1. The maximum Gasteiger partial charge on any atom is 0.122 e. The van der Waals surface area contributed by atoms with Gasteiger partial charge >= 0.3 is 0 Å². The van der Waals surface area contributed by atoms with E-state index in [2.05, 4.69) is 54.5 Å². The van der Waals surface area contributed by atoms with E-state index in [0.29, 0.717) is 18.0 Å². The van der Waals surface area contributed by atoms with E-state index in [0.717, 1.165) is 18.9 Å².